The predicted molar refractivity (Wildman–Crippen MR) is 170 cm³/mol. The molecule has 40 heavy (non-hydrogen) atoms. The summed E-state index contributed by atoms with van der Waals surface area (Å²) in [6.07, 6.45) is 17.3. The molecule has 0 atom stereocenters. The van der Waals surface area contributed by atoms with E-state index in [0.29, 0.717) is 0 Å². The third-order valence-corrected chi connectivity index (χ3v) is 9.17. The third-order valence-electron chi connectivity index (χ3n) is 9.17. The molecule has 0 spiro atoms. The lowest BCUT2D eigenvalue weighted by molar-refractivity contribution is 1.02. The molecule has 0 aliphatic carbocycles. The Hall–Kier alpha value is -3.40. The van der Waals surface area contributed by atoms with E-state index in [1.54, 1.807) is 0 Å². The number of aromatic nitrogens is 4. The van der Waals surface area contributed by atoms with Crippen molar-refractivity contribution in [2.45, 2.75) is 107 Å². The highest BCUT2D eigenvalue weighted by molar-refractivity contribution is 5.63. The number of aromatic amines is 4. The van der Waals surface area contributed by atoms with Gasteiger partial charge in [-0.1, -0.05) is 55.4 Å². The quantitative estimate of drug-likeness (QED) is 0.247. The second kappa shape index (κ2) is 11.6. The summed E-state index contributed by atoms with van der Waals surface area (Å²) in [5.74, 6) is 0. The molecule has 4 aromatic heterocycles. The molecule has 5 heterocycles. The molecule has 1 aliphatic rings. The van der Waals surface area contributed by atoms with Crippen LogP contribution in [0.15, 0.2) is 0 Å². The second-order valence-corrected chi connectivity index (χ2v) is 11.0. The van der Waals surface area contributed by atoms with Gasteiger partial charge >= 0.3 is 0 Å². The van der Waals surface area contributed by atoms with Crippen LogP contribution >= 0.6 is 0 Å². The zero-order valence-corrected chi connectivity index (χ0v) is 26.0. The highest BCUT2D eigenvalue weighted by Crippen LogP contribution is 2.16. The zero-order valence-electron chi connectivity index (χ0n) is 26.0. The van der Waals surface area contributed by atoms with E-state index >= 15 is 0 Å². The van der Waals surface area contributed by atoms with Gasteiger partial charge in [0.15, 0.2) is 0 Å². The molecule has 5 rings (SSSR count). The summed E-state index contributed by atoms with van der Waals surface area (Å²) in [6.45, 7) is 18.3. The monoisotopic (exact) mass is 536 g/mol. The lowest BCUT2D eigenvalue weighted by Gasteiger charge is -1.99. The van der Waals surface area contributed by atoms with Gasteiger partial charge in [0.2, 0.25) is 0 Å². The average molecular weight is 537 g/mol. The average Bonchev–Trinajstić information content (AvgIpc) is 3.71. The van der Waals surface area contributed by atoms with Gasteiger partial charge in [-0.05, 0) is 120 Å². The van der Waals surface area contributed by atoms with E-state index in [1.807, 2.05) is 0 Å². The van der Waals surface area contributed by atoms with E-state index in [1.165, 1.54) is 87.3 Å². The van der Waals surface area contributed by atoms with Gasteiger partial charge in [-0.3, -0.25) is 0 Å². The zero-order chi connectivity index (χ0) is 28.6. The first-order valence-corrected chi connectivity index (χ1v) is 15.8. The van der Waals surface area contributed by atoms with E-state index in [0.717, 1.165) is 51.4 Å². The maximum atomic E-state index is 3.90. The van der Waals surface area contributed by atoms with Crippen LogP contribution < -0.4 is 21.4 Å². The van der Waals surface area contributed by atoms with E-state index in [2.05, 4.69) is 99.6 Å². The van der Waals surface area contributed by atoms with Crippen molar-refractivity contribution in [1.82, 2.24) is 19.9 Å². The molecule has 0 amide bonds. The van der Waals surface area contributed by atoms with Gasteiger partial charge in [0.25, 0.3) is 0 Å². The molecule has 8 bridgehead atoms. The lowest BCUT2D eigenvalue weighted by atomic mass is 10.0. The minimum Gasteiger partial charge on any atom is -0.353 e. The summed E-state index contributed by atoms with van der Waals surface area (Å²) in [7, 11) is 0. The van der Waals surface area contributed by atoms with Crippen LogP contribution in [0.25, 0.3) is 24.3 Å². The normalized spacial score (nSPS) is 17.8. The first-order valence-electron chi connectivity index (χ1n) is 15.8. The maximum Gasteiger partial charge on any atom is 0.0662 e. The number of fused-ring (bicyclic) bond motifs is 8. The van der Waals surface area contributed by atoms with Gasteiger partial charge in [-0.2, -0.15) is 0 Å². The molecule has 0 saturated heterocycles. The Morgan fingerprint density at radius 3 is 0.625 bits per heavy atom. The van der Waals surface area contributed by atoms with Crippen LogP contribution in [0.2, 0.25) is 0 Å². The highest BCUT2D eigenvalue weighted by atomic mass is 14.8. The Morgan fingerprint density at radius 1 is 0.300 bits per heavy atom. The Bertz CT molecular complexity index is 1700. The Kier molecular flexibility index (Phi) is 8.16. The molecule has 4 nitrogen and oxygen atoms in total. The van der Waals surface area contributed by atoms with Gasteiger partial charge in [0, 0.05) is 21.4 Å². The van der Waals surface area contributed by atoms with Crippen LogP contribution in [0.1, 0.15) is 99.9 Å². The molecular weight excluding hydrogens is 488 g/mol. The largest absolute Gasteiger partial charge is 0.353 e. The van der Waals surface area contributed by atoms with Crippen molar-refractivity contribution >= 4 is 24.3 Å². The minimum absolute atomic E-state index is 1.01. The van der Waals surface area contributed by atoms with Crippen molar-refractivity contribution in [3.05, 3.63) is 87.3 Å². The van der Waals surface area contributed by atoms with E-state index in [-0.39, 0.29) is 0 Å². The van der Waals surface area contributed by atoms with Crippen molar-refractivity contribution < 1.29 is 0 Å². The summed E-state index contributed by atoms with van der Waals surface area (Å²) < 4.78 is 0. The van der Waals surface area contributed by atoms with E-state index in [9.17, 15) is 0 Å². The van der Waals surface area contributed by atoms with E-state index in [4.69, 9.17) is 0 Å². The SMILES string of the molecule is CCc1c(CC)/c2[nH]/c1=C\C=c1/[nH]/c(c(CC)c1CC)=c1\[nH]/c(c(CC)c1CC)=C\C=c1/[nH]\c=2c(CC)c1CC. The van der Waals surface area contributed by atoms with Crippen LogP contribution in [-0.4, -0.2) is 19.9 Å². The summed E-state index contributed by atoms with van der Waals surface area (Å²) in [5, 5.41) is 9.98. The van der Waals surface area contributed by atoms with Crippen LogP contribution in [0, 0.1) is 21.4 Å². The number of H-pyrrole nitrogens is 4. The third kappa shape index (κ3) is 4.36. The van der Waals surface area contributed by atoms with Crippen LogP contribution in [0.3, 0.4) is 0 Å². The van der Waals surface area contributed by atoms with Gasteiger partial charge in [-0.25, -0.2) is 0 Å². The van der Waals surface area contributed by atoms with E-state index < -0.39 is 0 Å². The van der Waals surface area contributed by atoms with Crippen LogP contribution in [0.4, 0.5) is 0 Å². The Balaban J connectivity index is 2.14. The maximum absolute atomic E-state index is 3.90. The lowest BCUT2D eigenvalue weighted by Crippen LogP contribution is -2.11. The first kappa shape index (κ1) is 28.1. The summed E-state index contributed by atoms with van der Waals surface area (Å²) in [4.78, 5) is 15.6. The number of nitrogens with one attached hydrogen (secondary N) is 4. The fourth-order valence-electron chi connectivity index (χ4n) is 7.33. The van der Waals surface area contributed by atoms with Crippen LogP contribution in [-0.2, 0) is 51.4 Å². The molecule has 4 aromatic rings. The van der Waals surface area contributed by atoms with Crippen molar-refractivity contribution in [2.24, 2.45) is 0 Å². The van der Waals surface area contributed by atoms with Gasteiger partial charge in [0.1, 0.15) is 0 Å². The number of hydrogen-bond donors (Lipinski definition) is 4. The molecule has 0 saturated carbocycles. The molecule has 4 N–H and O–H groups in total. The smallest absolute Gasteiger partial charge is 0.0662 e. The Morgan fingerprint density at radius 2 is 0.475 bits per heavy atom. The summed E-state index contributed by atoms with van der Waals surface area (Å²) in [6, 6.07) is 0. The number of hydrogen-bond acceptors (Lipinski definition) is 0. The molecule has 0 radical (unpaired) electrons. The number of rotatable bonds is 8. The Labute approximate surface area is 238 Å². The predicted octanol–water partition coefficient (Wildman–Crippen LogP) is 4.91. The van der Waals surface area contributed by atoms with Gasteiger partial charge < -0.3 is 19.9 Å². The first-order chi connectivity index (χ1) is 19.5. The summed E-state index contributed by atoms with van der Waals surface area (Å²) >= 11 is 0. The molecule has 0 fully saturated rings. The highest BCUT2D eigenvalue weighted by Gasteiger charge is 2.14. The second-order valence-electron chi connectivity index (χ2n) is 11.0. The van der Waals surface area contributed by atoms with Crippen molar-refractivity contribution in [2.75, 3.05) is 0 Å². The topological polar surface area (TPSA) is 63.2 Å². The molecule has 1 aliphatic heterocycles. The van der Waals surface area contributed by atoms with Gasteiger partial charge in [0.05, 0.1) is 21.4 Å². The fourth-order valence-corrected chi connectivity index (χ4v) is 7.33. The minimum atomic E-state index is 1.01. The molecule has 4 heteroatoms. The fraction of sp³-hybridized carbons (Fsp3) is 0.444. The summed E-state index contributed by atoms with van der Waals surface area (Å²) in [5.41, 5.74) is 11.5. The molecule has 0 aromatic carbocycles. The molecule has 0 unspecified atom stereocenters. The van der Waals surface area contributed by atoms with Crippen LogP contribution in [0.5, 0.6) is 0 Å². The van der Waals surface area contributed by atoms with Crippen molar-refractivity contribution in [3.8, 4) is 0 Å². The van der Waals surface area contributed by atoms with Gasteiger partial charge in [-0.15, -0.1) is 0 Å². The van der Waals surface area contributed by atoms with Crippen molar-refractivity contribution in [3.63, 3.8) is 0 Å². The molecular formula is C36H48N4. The van der Waals surface area contributed by atoms with Crippen molar-refractivity contribution in [1.29, 1.82) is 0 Å². The standard InChI is InChI=1S/C36H48N4/c1-9-21-25(13-5)33-34-26(14-6)22(10-2)31(38-34)19-20-32-24(12-4)28(16-8)36(40-32)35-27(15-7)23(11-3)30(39-35)18-17-29(21)37-33/h17-20,37-40H,9-16H2,1-8H3/b18-17?,20-19?,29-17-,30-18-,31-19-,32-20-,34-33-,36-35-. The molecule has 212 valence electrons.